The summed E-state index contributed by atoms with van der Waals surface area (Å²) in [6, 6.07) is 7.01. The Morgan fingerprint density at radius 2 is 1.86 bits per heavy atom. The van der Waals surface area contributed by atoms with Crippen LogP contribution in [0.1, 0.15) is 36.0 Å². The molecule has 3 atom stereocenters. The standard InChI is InChI=1S/C15H18ClNO3S/c1-21(19,20)14-8-12-5-6-13(9-14)17(12)15(18)10-3-2-4-11(16)7-10/h2-4,7,12-14H,5-6,8-9H2,1H3/t12-,13+,14?. The van der Waals surface area contributed by atoms with Crippen LogP contribution in [0.4, 0.5) is 0 Å². The maximum absolute atomic E-state index is 12.7. The van der Waals surface area contributed by atoms with Gasteiger partial charge in [-0.3, -0.25) is 4.79 Å². The molecule has 2 saturated heterocycles. The Morgan fingerprint density at radius 3 is 2.38 bits per heavy atom. The van der Waals surface area contributed by atoms with Gasteiger partial charge in [0, 0.05) is 28.9 Å². The molecule has 1 aromatic rings. The van der Waals surface area contributed by atoms with Crippen LogP contribution in [0.15, 0.2) is 24.3 Å². The molecule has 0 radical (unpaired) electrons. The molecule has 2 aliphatic rings. The van der Waals surface area contributed by atoms with Gasteiger partial charge >= 0.3 is 0 Å². The summed E-state index contributed by atoms with van der Waals surface area (Å²) in [4.78, 5) is 14.6. The first-order chi connectivity index (χ1) is 9.86. The predicted molar refractivity (Wildman–Crippen MR) is 82.3 cm³/mol. The zero-order chi connectivity index (χ0) is 15.2. The third-order valence-electron chi connectivity index (χ3n) is 4.60. The molecule has 3 rings (SSSR count). The fraction of sp³-hybridized carbons (Fsp3) is 0.533. The number of fused-ring (bicyclic) bond motifs is 2. The molecule has 21 heavy (non-hydrogen) atoms. The van der Waals surface area contributed by atoms with Crippen LogP contribution in [0.2, 0.25) is 5.02 Å². The number of benzene rings is 1. The van der Waals surface area contributed by atoms with Crippen molar-refractivity contribution in [1.29, 1.82) is 0 Å². The van der Waals surface area contributed by atoms with Crippen molar-refractivity contribution in [3.05, 3.63) is 34.9 Å². The van der Waals surface area contributed by atoms with E-state index in [4.69, 9.17) is 11.6 Å². The van der Waals surface area contributed by atoms with E-state index in [0.717, 1.165) is 12.8 Å². The van der Waals surface area contributed by atoms with Gasteiger partial charge in [0.1, 0.15) is 9.84 Å². The van der Waals surface area contributed by atoms with Crippen LogP contribution in [0.25, 0.3) is 0 Å². The van der Waals surface area contributed by atoms with E-state index >= 15 is 0 Å². The second-order valence-corrected chi connectivity index (χ2v) is 8.79. The van der Waals surface area contributed by atoms with Crippen LogP contribution in [0, 0.1) is 0 Å². The molecule has 1 unspecified atom stereocenters. The second kappa shape index (κ2) is 5.29. The molecule has 0 aliphatic carbocycles. The van der Waals surface area contributed by atoms with E-state index in [9.17, 15) is 13.2 Å². The number of rotatable bonds is 2. The van der Waals surface area contributed by atoms with E-state index in [-0.39, 0.29) is 23.2 Å². The highest BCUT2D eigenvalue weighted by Crippen LogP contribution is 2.39. The van der Waals surface area contributed by atoms with E-state index in [1.54, 1.807) is 24.3 Å². The summed E-state index contributed by atoms with van der Waals surface area (Å²) in [7, 11) is -3.03. The summed E-state index contributed by atoms with van der Waals surface area (Å²) in [5.74, 6) is -0.0306. The van der Waals surface area contributed by atoms with Gasteiger partial charge in [0.25, 0.3) is 5.91 Å². The normalized spacial score (nSPS) is 28.7. The van der Waals surface area contributed by atoms with Gasteiger partial charge in [-0.05, 0) is 43.9 Å². The molecule has 0 saturated carbocycles. The molecule has 0 N–H and O–H groups in total. The van der Waals surface area contributed by atoms with Crippen LogP contribution < -0.4 is 0 Å². The first-order valence-electron chi connectivity index (χ1n) is 7.13. The maximum atomic E-state index is 12.7. The van der Waals surface area contributed by atoms with E-state index < -0.39 is 9.84 Å². The van der Waals surface area contributed by atoms with E-state index in [1.165, 1.54) is 6.26 Å². The molecule has 6 heteroatoms. The fourth-order valence-corrected chi connectivity index (χ4v) is 4.91. The van der Waals surface area contributed by atoms with Crippen LogP contribution in [-0.2, 0) is 9.84 Å². The van der Waals surface area contributed by atoms with Gasteiger partial charge in [0.15, 0.2) is 0 Å². The lowest BCUT2D eigenvalue weighted by Gasteiger charge is -2.38. The molecule has 114 valence electrons. The molecule has 0 aromatic heterocycles. The Kier molecular flexibility index (Phi) is 3.74. The average Bonchev–Trinajstić information content (AvgIpc) is 2.66. The number of sulfone groups is 1. The Hall–Kier alpha value is -1.07. The minimum atomic E-state index is -3.03. The average molecular weight is 328 g/mol. The van der Waals surface area contributed by atoms with Crippen molar-refractivity contribution < 1.29 is 13.2 Å². The highest BCUT2D eigenvalue weighted by atomic mass is 35.5. The number of carbonyl (C=O) groups excluding carboxylic acids is 1. The highest BCUT2D eigenvalue weighted by molar-refractivity contribution is 7.91. The Labute approximate surface area is 130 Å². The number of nitrogens with zero attached hydrogens (tertiary/aromatic N) is 1. The topological polar surface area (TPSA) is 54.5 Å². The number of hydrogen-bond donors (Lipinski definition) is 0. The Morgan fingerprint density at radius 1 is 1.24 bits per heavy atom. The smallest absolute Gasteiger partial charge is 0.254 e. The third-order valence-corrected chi connectivity index (χ3v) is 6.43. The Balaban J connectivity index is 1.84. The van der Waals surface area contributed by atoms with Gasteiger partial charge in [0.2, 0.25) is 0 Å². The SMILES string of the molecule is CS(=O)(=O)C1C[C@H]2CC[C@@H](C1)N2C(=O)c1cccc(Cl)c1. The van der Waals surface area contributed by atoms with Crippen molar-refractivity contribution in [3.63, 3.8) is 0 Å². The number of halogens is 1. The van der Waals surface area contributed by atoms with E-state index in [2.05, 4.69) is 0 Å². The molecule has 2 fully saturated rings. The summed E-state index contributed by atoms with van der Waals surface area (Å²) >= 11 is 5.95. The lowest BCUT2D eigenvalue weighted by atomic mass is 10.0. The van der Waals surface area contributed by atoms with Gasteiger partial charge in [-0.15, -0.1) is 0 Å². The van der Waals surface area contributed by atoms with Crippen molar-refractivity contribution in [3.8, 4) is 0 Å². The van der Waals surface area contributed by atoms with Crippen LogP contribution in [0.5, 0.6) is 0 Å². The summed E-state index contributed by atoms with van der Waals surface area (Å²) < 4.78 is 23.6. The fourth-order valence-electron chi connectivity index (χ4n) is 3.58. The summed E-state index contributed by atoms with van der Waals surface area (Å²) in [6.45, 7) is 0. The van der Waals surface area contributed by atoms with Crippen molar-refractivity contribution >= 4 is 27.3 Å². The number of hydrogen-bond acceptors (Lipinski definition) is 3. The lowest BCUT2D eigenvalue weighted by molar-refractivity contribution is 0.0598. The molecule has 0 spiro atoms. The Bertz CT molecular complexity index is 659. The summed E-state index contributed by atoms with van der Waals surface area (Å²) in [5.41, 5.74) is 0.581. The summed E-state index contributed by atoms with van der Waals surface area (Å²) in [6.07, 6.45) is 4.20. The molecule has 2 aliphatic heterocycles. The second-order valence-electron chi connectivity index (χ2n) is 6.03. The van der Waals surface area contributed by atoms with Gasteiger partial charge < -0.3 is 4.90 Å². The highest BCUT2D eigenvalue weighted by Gasteiger charge is 2.45. The number of amides is 1. The quantitative estimate of drug-likeness (QED) is 0.838. The van der Waals surface area contributed by atoms with E-state index in [0.29, 0.717) is 23.4 Å². The monoisotopic (exact) mass is 327 g/mol. The van der Waals surface area contributed by atoms with Gasteiger partial charge in [-0.1, -0.05) is 17.7 Å². The van der Waals surface area contributed by atoms with Crippen molar-refractivity contribution in [1.82, 2.24) is 4.90 Å². The van der Waals surface area contributed by atoms with Crippen molar-refractivity contribution in [2.45, 2.75) is 43.0 Å². The minimum Gasteiger partial charge on any atom is -0.333 e. The molecule has 2 heterocycles. The minimum absolute atomic E-state index is 0.0306. The zero-order valence-electron chi connectivity index (χ0n) is 11.8. The zero-order valence-corrected chi connectivity index (χ0v) is 13.4. The van der Waals surface area contributed by atoms with Crippen molar-refractivity contribution in [2.24, 2.45) is 0 Å². The van der Waals surface area contributed by atoms with Crippen molar-refractivity contribution in [2.75, 3.05) is 6.26 Å². The van der Waals surface area contributed by atoms with Crippen LogP contribution >= 0.6 is 11.6 Å². The lowest BCUT2D eigenvalue weighted by Crippen LogP contribution is -2.49. The predicted octanol–water partition coefficient (Wildman–Crippen LogP) is 2.52. The number of carbonyl (C=O) groups is 1. The van der Waals surface area contributed by atoms with Gasteiger partial charge in [-0.2, -0.15) is 0 Å². The molecular weight excluding hydrogens is 310 g/mol. The summed E-state index contributed by atoms with van der Waals surface area (Å²) in [5, 5.41) is 0.234. The maximum Gasteiger partial charge on any atom is 0.254 e. The van der Waals surface area contributed by atoms with Gasteiger partial charge in [0.05, 0.1) is 5.25 Å². The van der Waals surface area contributed by atoms with Crippen LogP contribution in [-0.4, -0.2) is 42.8 Å². The van der Waals surface area contributed by atoms with Gasteiger partial charge in [-0.25, -0.2) is 8.42 Å². The van der Waals surface area contributed by atoms with E-state index in [1.807, 2.05) is 4.90 Å². The largest absolute Gasteiger partial charge is 0.333 e. The number of piperidine rings is 1. The third kappa shape index (κ3) is 2.81. The first-order valence-corrected chi connectivity index (χ1v) is 9.46. The first kappa shape index (κ1) is 14.9. The molecular formula is C15H18ClNO3S. The molecule has 4 nitrogen and oxygen atoms in total. The molecule has 1 aromatic carbocycles. The molecule has 1 amide bonds. The molecule has 2 bridgehead atoms. The van der Waals surface area contributed by atoms with Crippen LogP contribution in [0.3, 0.4) is 0 Å².